The molecule has 12 heteroatoms. The second kappa shape index (κ2) is 12.6. The van der Waals surface area contributed by atoms with Crippen molar-refractivity contribution in [2.75, 3.05) is 39.9 Å². The Hall–Kier alpha value is -4.87. The zero-order chi connectivity index (χ0) is 30.7. The summed E-state index contributed by atoms with van der Waals surface area (Å²) >= 11 is 0. The number of fused-ring (bicyclic) bond motifs is 1. The molecule has 0 saturated heterocycles. The van der Waals surface area contributed by atoms with Gasteiger partial charge >= 0.3 is 5.97 Å². The highest BCUT2D eigenvalue weighted by Gasteiger charge is 2.41. The molecule has 1 aliphatic carbocycles. The molecular formula is C31H37N7O5. The fourth-order valence-electron chi connectivity index (χ4n) is 5.66. The van der Waals surface area contributed by atoms with Gasteiger partial charge in [0.05, 0.1) is 19.0 Å². The number of carboxylic acid groups (broad SMARTS) is 1. The van der Waals surface area contributed by atoms with Crippen molar-refractivity contribution in [2.45, 2.75) is 64.1 Å². The van der Waals surface area contributed by atoms with Crippen LogP contribution in [0.1, 0.15) is 56.3 Å². The minimum absolute atomic E-state index is 0.0575. The van der Waals surface area contributed by atoms with Gasteiger partial charge in [-0.15, -0.1) is 0 Å². The topological polar surface area (TPSA) is 149 Å². The molecule has 5 rings (SSSR count). The van der Waals surface area contributed by atoms with Gasteiger partial charge in [0.2, 0.25) is 11.9 Å². The monoisotopic (exact) mass is 587 g/mol. The smallest absolute Gasteiger partial charge is 0.325 e. The number of likely N-dealkylation sites (N-methyl/N-ethyl adjacent to an activating group) is 1. The minimum atomic E-state index is -0.956. The van der Waals surface area contributed by atoms with Gasteiger partial charge in [0.25, 0.3) is 5.91 Å². The number of nitrogens with zero attached hydrogens (tertiary/aromatic N) is 4. The van der Waals surface area contributed by atoms with E-state index in [1.54, 1.807) is 67.5 Å². The summed E-state index contributed by atoms with van der Waals surface area (Å²) in [7, 11) is 3.29. The van der Waals surface area contributed by atoms with Crippen LogP contribution in [0.15, 0.2) is 48.7 Å². The molecule has 1 aliphatic heterocycles. The van der Waals surface area contributed by atoms with Crippen molar-refractivity contribution in [1.82, 2.24) is 9.97 Å². The molecule has 12 nitrogen and oxygen atoms in total. The fraction of sp³-hybridized carbons (Fsp3) is 0.387. The van der Waals surface area contributed by atoms with E-state index in [2.05, 4.69) is 25.8 Å². The molecule has 226 valence electrons. The van der Waals surface area contributed by atoms with Crippen LogP contribution in [0.2, 0.25) is 0 Å². The van der Waals surface area contributed by atoms with E-state index >= 15 is 0 Å². The van der Waals surface area contributed by atoms with Crippen LogP contribution in [-0.4, -0.2) is 65.1 Å². The Morgan fingerprint density at radius 1 is 1.12 bits per heavy atom. The lowest BCUT2D eigenvalue weighted by Crippen LogP contribution is -2.55. The summed E-state index contributed by atoms with van der Waals surface area (Å²) in [6.45, 7) is 3.58. The number of carbonyl (C=O) groups excluding carboxylic acids is 2. The van der Waals surface area contributed by atoms with E-state index in [4.69, 9.17) is 14.8 Å². The predicted octanol–water partition coefficient (Wildman–Crippen LogP) is 4.87. The quantitative estimate of drug-likeness (QED) is 0.259. The number of ether oxygens (including phenoxy) is 1. The van der Waals surface area contributed by atoms with Crippen molar-refractivity contribution in [2.24, 2.45) is 0 Å². The van der Waals surface area contributed by atoms with Gasteiger partial charge in [-0.25, -0.2) is 4.98 Å². The first kappa shape index (κ1) is 29.6. The third kappa shape index (κ3) is 6.18. The van der Waals surface area contributed by atoms with Gasteiger partial charge in [-0.05, 0) is 68.7 Å². The molecule has 1 saturated carbocycles. The van der Waals surface area contributed by atoms with Crippen molar-refractivity contribution < 1.29 is 24.2 Å². The fourth-order valence-corrected chi connectivity index (χ4v) is 5.66. The summed E-state index contributed by atoms with van der Waals surface area (Å²) in [5, 5.41) is 18.0. The van der Waals surface area contributed by atoms with Crippen LogP contribution >= 0.6 is 0 Å². The van der Waals surface area contributed by atoms with Gasteiger partial charge in [-0.3, -0.25) is 14.4 Å². The number of hydrogen-bond donors (Lipinski definition) is 4. The van der Waals surface area contributed by atoms with Crippen LogP contribution in [0.25, 0.3) is 0 Å². The number of carbonyl (C=O) groups is 3. The van der Waals surface area contributed by atoms with Crippen molar-refractivity contribution in [3.63, 3.8) is 0 Å². The second-order valence-electron chi connectivity index (χ2n) is 10.8. The van der Waals surface area contributed by atoms with E-state index in [1.165, 1.54) is 7.11 Å². The molecule has 2 amide bonds. The van der Waals surface area contributed by atoms with E-state index in [1.807, 2.05) is 6.92 Å². The number of aliphatic carboxylic acids is 1. The van der Waals surface area contributed by atoms with E-state index < -0.39 is 12.0 Å². The summed E-state index contributed by atoms with van der Waals surface area (Å²) in [6.07, 6.45) is 6.70. The average molecular weight is 588 g/mol. The number of nitrogens with one attached hydrogen (secondary N) is 3. The molecule has 2 atom stereocenters. The van der Waals surface area contributed by atoms with Crippen molar-refractivity contribution in [3.05, 3.63) is 54.2 Å². The van der Waals surface area contributed by atoms with Gasteiger partial charge < -0.3 is 35.6 Å². The number of carboxylic acids is 1. The maximum absolute atomic E-state index is 13.2. The summed E-state index contributed by atoms with van der Waals surface area (Å²) < 4.78 is 5.59. The summed E-state index contributed by atoms with van der Waals surface area (Å²) in [4.78, 5) is 50.4. The molecular weight excluding hydrogens is 550 g/mol. The van der Waals surface area contributed by atoms with Crippen LogP contribution in [0.5, 0.6) is 5.75 Å². The highest BCUT2D eigenvalue weighted by atomic mass is 16.5. The third-order valence-corrected chi connectivity index (χ3v) is 8.02. The SMILES string of the molecule is CC[C@@H]1C(=O)N(C)c2cnc(Nc3ccc(C(=O)Nc4ccc(N[C@@H](C)C(=O)O)cc4)cc3OC)nc2N1C1CCCC1. The molecule has 3 aromatic rings. The molecule has 0 bridgehead atoms. The van der Waals surface area contributed by atoms with E-state index in [0.717, 1.165) is 31.5 Å². The predicted molar refractivity (Wildman–Crippen MR) is 166 cm³/mol. The number of anilines is 6. The van der Waals surface area contributed by atoms with Gasteiger partial charge in [0.1, 0.15) is 23.5 Å². The van der Waals surface area contributed by atoms with E-state index in [-0.39, 0.29) is 23.9 Å². The molecule has 2 aromatic carbocycles. The van der Waals surface area contributed by atoms with Gasteiger partial charge in [0, 0.05) is 30.0 Å². The average Bonchev–Trinajstić information content (AvgIpc) is 3.54. The number of amides is 2. The first-order valence-electron chi connectivity index (χ1n) is 14.5. The van der Waals surface area contributed by atoms with Crippen LogP contribution in [0.4, 0.5) is 34.5 Å². The van der Waals surface area contributed by atoms with Gasteiger partial charge in [-0.1, -0.05) is 19.8 Å². The zero-order valence-electron chi connectivity index (χ0n) is 24.8. The number of benzene rings is 2. The second-order valence-corrected chi connectivity index (χ2v) is 10.8. The highest BCUT2D eigenvalue weighted by molar-refractivity contribution is 6.05. The van der Waals surface area contributed by atoms with E-state index in [9.17, 15) is 14.4 Å². The minimum Gasteiger partial charge on any atom is -0.495 e. The van der Waals surface area contributed by atoms with Crippen molar-refractivity contribution in [1.29, 1.82) is 0 Å². The Labute approximate surface area is 250 Å². The first-order chi connectivity index (χ1) is 20.7. The van der Waals surface area contributed by atoms with Crippen LogP contribution < -0.4 is 30.5 Å². The lowest BCUT2D eigenvalue weighted by atomic mass is 10.0. The highest BCUT2D eigenvalue weighted by Crippen LogP contribution is 2.40. The van der Waals surface area contributed by atoms with Crippen LogP contribution in [-0.2, 0) is 9.59 Å². The first-order valence-corrected chi connectivity index (χ1v) is 14.5. The molecule has 43 heavy (non-hydrogen) atoms. The molecule has 2 heterocycles. The number of hydrogen-bond acceptors (Lipinski definition) is 9. The Bertz CT molecular complexity index is 1510. The molecule has 0 radical (unpaired) electrons. The standard InChI is InChI=1S/C31H37N7O5/c1-5-24-29(40)37(3)25-17-32-31(36-27(25)38(24)22-8-6-7-9-22)35-23-15-10-19(16-26(23)43-4)28(39)34-21-13-11-20(12-14-21)33-18(2)30(41)42/h10-18,22,24,33H,5-9H2,1-4H3,(H,34,39)(H,41,42)(H,32,35,36)/t18-,24+/m0/s1. The number of aromatic nitrogens is 2. The normalized spacial score (nSPS) is 17.3. The molecule has 2 aliphatic rings. The van der Waals surface area contributed by atoms with Crippen LogP contribution in [0, 0.1) is 0 Å². The molecule has 0 unspecified atom stereocenters. The van der Waals surface area contributed by atoms with Crippen molar-refractivity contribution in [3.8, 4) is 5.75 Å². The molecule has 1 fully saturated rings. The van der Waals surface area contributed by atoms with Crippen LogP contribution in [0.3, 0.4) is 0 Å². The maximum atomic E-state index is 13.2. The Balaban J connectivity index is 1.33. The largest absolute Gasteiger partial charge is 0.495 e. The molecule has 4 N–H and O–H groups in total. The Kier molecular flexibility index (Phi) is 8.65. The summed E-state index contributed by atoms with van der Waals surface area (Å²) in [5.74, 6) is 0.306. The zero-order valence-corrected chi connectivity index (χ0v) is 24.8. The Morgan fingerprint density at radius 2 is 1.81 bits per heavy atom. The lowest BCUT2D eigenvalue weighted by molar-refractivity contribution is -0.137. The summed E-state index contributed by atoms with van der Waals surface area (Å²) in [6, 6.07) is 11.1. The summed E-state index contributed by atoms with van der Waals surface area (Å²) in [5.41, 5.74) is 2.84. The van der Waals surface area contributed by atoms with Gasteiger partial charge in [-0.2, -0.15) is 4.98 Å². The number of rotatable bonds is 10. The number of methoxy groups -OCH3 is 1. The maximum Gasteiger partial charge on any atom is 0.325 e. The molecule has 0 spiro atoms. The Morgan fingerprint density at radius 3 is 2.47 bits per heavy atom. The third-order valence-electron chi connectivity index (χ3n) is 8.02. The van der Waals surface area contributed by atoms with E-state index in [0.29, 0.717) is 46.4 Å². The molecule has 1 aromatic heterocycles. The van der Waals surface area contributed by atoms with Crippen molar-refractivity contribution >= 4 is 52.3 Å². The lowest BCUT2D eigenvalue weighted by Gasteiger charge is -2.43. The van der Waals surface area contributed by atoms with Gasteiger partial charge in [0.15, 0.2) is 5.82 Å².